The van der Waals surface area contributed by atoms with Crippen LogP contribution in [-0.2, 0) is 22.6 Å². The number of likely N-dealkylation sites (tertiary alicyclic amines) is 2. The van der Waals surface area contributed by atoms with Gasteiger partial charge in [-0.05, 0) is 43.4 Å². The molecule has 1 aromatic heterocycles. The smallest absolute Gasteiger partial charge is 0.243 e. The average Bonchev–Trinajstić information content (AvgIpc) is 3.52. The van der Waals surface area contributed by atoms with Crippen molar-refractivity contribution >= 4 is 22.8 Å². The first-order valence-electron chi connectivity index (χ1n) is 12.5. The first-order valence-corrected chi connectivity index (χ1v) is 12.5. The monoisotopic (exact) mass is 459 g/mol. The van der Waals surface area contributed by atoms with Crippen molar-refractivity contribution in [1.29, 1.82) is 0 Å². The molecule has 3 aromatic rings. The van der Waals surface area contributed by atoms with Crippen molar-refractivity contribution < 1.29 is 9.59 Å². The van der Waals surface area contributed by atoms with Crippen LogP contribution >= 0.6 is 0 Å². The Morgan fingerprint density at radius 2 is 1.74 bits per heavy atom. The second kappa shape index (κ2) is 10.4. The van der Waals surface area contributed by atoms with Gasteiger partial charge in [-0.3, -0.25) is 14.5 Å². The molecule has 2 aliphatic heterocycles. The highest BCUT2D eigenvalue weighted by Crippen LogP contribution is 2.21. The highest BCUT2D eigenvalue weighted by molar-refractivity contribution is 5.88. The summed E-state index contributed by atoms with van der Waals surface area (Å²) >= 11 is 0. The molecule has 1 atom stereocenters. The molecule has 0 radical (unpaired) electrons. The number of aromatic amines is 1. The molecule has 2 fully saturated rings. The molecule has 178 valence electrons. The van der Waals surface area contributed by atoms with E-state index in [2.05, 4.69) is 44.5 Å². The van der Waals surface area contributed by atoms with E-state index >= 15 is 0 Å². The average molecular weight is 460 g/mol. The molecule has 0 bridgehead atoms. The topological polar surface area (TPSA) is 81.3 Å². The van der Waals surface area contributed by atoms with E-state index in [0.717, 1.165) is 62.2 Å². The lowest BCUT2D eigenvalue weighted by molar-refractivity contribution is -0.138. The number of para-hydroxylation sites is 2. The molecule has 2 saturated heterocycles. The molecule has 34 heavy (non-hydrogen) atoms. The predicted octanol–water partition coefficient (Wildman–Crippen LogP) is 3.27. The minimum Gasteiger partial charge on any atom is -0.351 e. The minimum atomic E-state index is -0.342. The Morgan fingerprint density at radius 1 is 0.971 bits per heavy atom. The molecule has 0 unspecified atom stereocenters. The second-order valence-electron chi connectivity index (χ2n) is 9.49. The number of benzene rings is 2. The third kappa shape index (κ3) is 5.30. The number of hydrogen-bond acceptors (Lipinski definition) is 4. The molecule has 0 aliphatic carbocycles. The summed E-state index contributed by atoms with van der Waals surface area (Å²) in [5.74, 6) is 0.865. The Balaban J connectivity index is 1.09. The third-order valence-corrected chi connectivity index (χ3v) is 7.07. The van der Waals surface area contributed by atoms with Gasteiger partial charge < -0.3 is 15.2 Å². The standard InChI is InChI=1S/C27H33N5O2/c33-26(13-12-25-29-22-9-4-5-10-23(22)30-25)32-16-6-11-24(32)27(34)28-21-14-17-31(18-15-21)19-20-7-2-1-3-8-20/h1-5,7-10,21,24H,6,11-19H2,(H,28,34)(H,29,30)/t24-/m0/s1. The maximum atomic E-state index is 13.1. The number of rotatable bonds is 7. The molecular formula is C27H33N5O2. The summed E-state index contributed by atoms with van der Waals surface area (Å²) in [6.07, 6.45) is 4.44. The van der Waals surface area contributed by atoms with Gasteiger partial charge >= 0.3 is 0 Å². The highest BCUT2D eigenvalue weighted by Gasteiger charge is 2.35. The summed E-state index contributed by atoms with van der Waals surface area (Å²) in [4.78, 5) is 38.1. The number of hydrogen-bond donors (Lipinski definition) is 2. The van der Waals surface area contributed by atoms with Crippen molar-refractivity contribution in [3.05, 3.63) is 66.0 Å². The Hall–Kier alpha value is -3.19. The van der Waals surface area contributed by atoms with Crippen LogP contribution < -0.4 is 5.32 Å². The van der Waals surface area contributed by atoms with Gasteiger partial charge in [0.25, 0.3) is 0 Å². The van der Waals surface area contributed by atoms with Crippen molar-refractivity contribution in [2.24, 2.45) is 0 Å². The molecule has 2 aromatic carbocycles. The highest BCUT2D eigenvalue weighted by atomic mass is 16.2. The summed E-state index contributed by atoms with van der Waals surface area (Å²) in [7, 11) is 0. The van der Waals surface area contributed by atoms with E-state index in [1.54, 1.807) is 4.90 Å². The minimum absolute atomic E-state index is 0.0103. The molecule has 0 spiro atoms. The third-order valence-electron chi connectivity index (χ3n) is 7.07. The molecule has 2 N–H and O–H groups in total. The zero-order valence-electron chi connectivity index (χ0n) is 19.6. The van der Waals surface area contributed by atoms with Crippen LogP contribution in [0.2, 0.25) is 0 Å². The SMILES string of the molecule is O=C(NC1CCN(Cc2ccccc2)CC1)[C@@H]1CCCN1C(=O)CCc1nc2ccccc2[nH]1. The lowest BCUT2D eigenvalue weighted by atomic mass is 10.0. The van der Waals surface area contributed by atoms with Gasteiger partial charge in [-0.25, -0.2) is 4.98 Å². The lowest BCUT2D eigenvalue weighted by Gasteiger charge is -2.33. The fraction of sp³-hybridized carbons (Fsp3) is 0.444. The molecule has 0 saturated carbocycles. The van der Waals surface area contributed by atoms with Crippen molar-refractivity contribution in [3.63, 3.8) is 0 Å². The van der Waals surface area contributed by atoms with Crippen LogP contribution in [-0.4, -0.2) is 63.3 Å². The van der Waals surface area contributed by atoms with Crippen LogP contribution in [0.15, 0.2) is 54.6 Å². The van der Waals surface area contributed by atoms with Gasteiger partial charge in [0.15, 0.2) is 0 Å². The van der Waals surface area contributed by atoms with Gasteiger partial charge in [-0.15, -0.1) is 0 Å². The Morgan fingerprint density at radius 3 is 2.53 bits per heavy atom. The van der Waals surface area contributed by atoms with Crippen molar-refractivity contribution in [1.82, 2.24) is 25.1 Å². The number of H-pyrrole nitrogens is 1. The maximum absolute atomic E-state index is 13.1. The fourth-order valence-electron chi connectivity index (χ4n) is 5.21. The largest absolute Gasteiger partial charge is 0.351 e. The quantitative estimate of drug-likeness (QED) is 0.568. The van der Waals surface area contributed by atoms with E-state index in [4.69, 9.17) is 0 Å². The Kier molecular flexibility index (Phi) is 6.90. The fourth-order valence-corrected chi connectivity index (χ4v) is 5.21. The summed E-state index contributed by atoms with van der Waals surface area (Å²) in [6, 6.07) is 18.2. The molecule has 7 nitrogen and oxygen atoms in total. The van der Waals surface area contributed by atoms with E-state index in [0.29, 0.717) is 19.4 Å². The van der Waals surface area contributed by atoms with Gasteiger partial charge in [0.05, 0.1) is 11.0 Å². The zero-order valence-corrected chi connectivity index (χ0v) is 19.6. The number of carbonyl (C=O) groups excluding carboxylic acids is 2. The number of aryl methyl sites for hydroxylation is 1. The van der Waals surface area contributed by atoms with Gasteiger partial charge in [0, 0.05) is 45.1 Å². The molecule has 7 heteroatoms. The Bertz CT molecular complexity index is 1090. The maximum Gasteiger partial charge on any atom is 0.243 e. The van der Waals surface area contributed by atoms with E-state index in [9.17, 15) is 9.59 Å². The number of nitrogens with one attached hydrogen (secondary N) is 2. The van der Waals surface area contributed by atoms with E-state index in [-0.39, 0.29) is 23.9 Å². The summed E-state index contributed by atoms with van der Waals surface area (Å²) < 4.78 is 0. The van der Waals surface area contributed by atoms with Crippen LogP contribution in [0.4, 0.5) is 0 Å². The van der Waals surface area contributed by atoms with Crippen molar-refractivity contribution in [2.45, 2.75) is 57.2 Å². The van der Waals surface area contributed by atoms with Crippen LogP contribution in [0, 0.1) is 0 Å². The second-order valence-corrected chi connectivity index (χ2v) is 9.49. The molecule has 2 aliphatic rings. The molecule has 3 heterocycles. The van der Waals surface area contributed by atoms with Gasteiger partial charge in [0.2, 0.25) is 11.8 Å². The van der Waals surface area contributed by atoms with Crippen molar-refractivity contribution in [3.8, 4) is 0 Å². The van der Waals surface area contributed by atoms with Gasteiger partial charge in [-0.1, -0.05) is 42.5 Å². The number of nitrogens with zero attached hydrogens (tertiary/aromatic N) is 3. The van der Waals surface area contributed by atoms with Crippen molar-refractivity contribution in [2.75, 3.05) is 19.6 Å². The van der Waals surface area contributed by atoms with Gasteiger partial charge in [-0.2, -0.15) is 0 Å². The first kappa shape index (κ1) is 22.6. The number of carbonyl (C=O) groups is 2. The number of piperidine rings is 1. The van der Waals surface area contributed by atoms with Crippen LogP contribution in [0.25, 0.3) is 11.0 Å². The number of imidazole rings is 1. The van der Waals surface area contributed by atoms with E-state index in [1.165, 1.54) is 5.56 Å². The van der Waals surface area contributed by atoms with Crippen LogP contribution in [0.5, 0.6) is 0 Å². The number of amides is 2. The molecule has 5 rings (SSSR count). The first-order chi connectivity index (χ1) is 16.7. The van der Waals surface area contributed by atoms with Crippen LogP contribution in [0.1, 0.15) is 43.5 Å². The van der Waals surface area contributed by atoms with E-state index < -0.39 is 0 Å². The number of aromatic nitrogens is 2. The summed E-state index contributed by atoms with van der Waals surface area (Å²) in [6.45, 7) is 3.57. The normalized spacial score (nSPS) is 19.5. The molecular weight excluding hydrogens is 426 g/mol. The van der Waals surface area contributed by atoms with E-state index in [1.807, 2.05) is 30.3 Å². The summed E-state index contributed by atoms with van der Waals surface area (Å²) in [5, 5.41) is 3.24. The summed E-state index contributed by atoms with van der Waals surface area (Å²) in [5.41, 5.74) is 3.23. The Labute approximate surface area is 200 Å². The van der Waals surface area contributed by atoms with Gasteiger partial charge in [0.1, 0.15) is 11.9 Å². The predicted molar refractivity (Wildman–Crippen MR) is 132 cm³/mol. The lowest BCUT2D eigenvalue weighted by Crippen LogP contribution is -2.51. The van der Waals surface area contributed by atoms with Crippen LogP contribution in [0.3, 0.4) is 0 Å². The number of fused-ring (bicyclic) bond motifs is 1. The molecule has 2 amide bonds. The zero-order chi connectivity index (χ0) is 23.3.